The van der Waals surface area contributed by atoms with Gasteiger partial charge in [0.15, 0.2) is 0 Å². The number of nitrogens with one attached hydrogen (secondary N) is 2. The van der Waals surface area contributed by atoms with E-state index >= 15 is 0 Å². The summed E-state index contributed by atoms with van der Waals surface area (Å²) in [5.41, 5.74) is 2.34. The van der Waals surface area contributed by atoms with Crippen LogP contribution in [-0.4, -0.2) is 46.8 Å². The average molecular weight is 372 g/mol. The van der Waals surface area contributed by atoms with Crippen LogP contribution in [0.4, 0.5) is 0 Å². The average Bonchev–Trinajstić information content (AvgIpc) is 2.54. The highest BCUT2D eigenvalue weighted by molar-refractivity contribution is 6.13. The van der Waals surface area contributed by atoms with Gasteiger partial charge in [-0.2, -0.15) is 0 Å². The first kappa shape index (κ1) is 23.4. The van der Waals surface area contributed by atoms with Crippen molar-refractivity contribution in [1.29, 1.82) is 0 Å². The maximum Gasteiger partial charge on any atom is 0.482 e. The quantitative estimate of drug-likeness (QED) is 0.473. The van der Waals surface area contributed by atoms with Gasteiger partial charge in [-0.25, -0.2) is 4.79 Å². The number of carboxylic acids is 1. The predicted molar refractivity (Wildman–Crippen MR) is 97.2 cm³/mol. The minimum Gasteiger partial charge on any atom is -0.480 e. The van der Waals surface area contributed by atoms with E-state index in [2.05, 4.69) is 10.6 Å². The zero-order valence-corrected chi connectivity index (χ0v) is 15.1. The molecule has 0 saturated carbocycles. The SMILES string of the molecule is CC(C)C[C@H](NC(=O)C1Cc2ccccc2CN1)C(=O)O.Cl.O[B]O. The number of amides is 1. The molecule has 1 aromatic carbocycles. The van der Waals surface area contributed by atoms with Gasteiger partial charge >= 0.3 is 13.7 Å². The van der Waals surface area contributed by atoms with E-state index in [-0.39, 0.29) is 38.0 Å². The van der Waals surface area contributed by atoms with Gasteiger partial charge in [0.1, 0.15) is 6.04 Å². The van der Waals surface area contributed by atoms with Gasteiger partial charge < -0.3 is 25.8 Å². The van der Waals surface area contributed by atoms with Crippen LogP contribution >= 0.6 is 12.4 Å². The Labute approximate surface area is 154 Å². The van der Waals surface area contributed by atoms with Crippen molar-refractivity contribution >= 4 is 32.0 Å². The minimum atomic E-state index is -0.978. The third-order valence-electron chi connectivity index (χ3n) is 3.72. The van der Waals surface area contributed by atoms with Crippen LogP contribution in [0.2, 0.25) is 0 Å². The Bertz CT molecular complexity index is 559. The van der Waals surface area contributed by atoms with E-state index in [1.54, 1.807) is 0 Å². The van der Waals surface area contributed by atoms with E-state index < -0.39 is 12.0 Å². The van der Waals surface area contributed by atoms with Crippen LogP contribution in [0.3, 0.4) is 0 Å². The fourth-order valence-corrected chi connectivity index (χ4v) is 2.60. The maximum atomic E-state index is 12.3. The molecule has 5 N–H and O–H groups in total. The standard InChI is InChI=1S/C16H22N2O3.BH2O2.ClH/c1-10(2)7-14(16(20)21)18-15(19)13-8-11-5-3-4-6-12(11)9-17-13;2-1-3;/h3-6,10,13-14,17H,7-9H2,1-2H3,(H,18,19)(H,20,21);2-3H;1H/t13?,14-;;/m0../s1. The molecule has 0 bridgehead atoms. The van der Waals surface area contributed by atoms with Crippen LogP contribution in [0, 0.1) is 5.92 Å². The molecule has 0 aromatic heterocycles. The highest BCUT2D eigenvalue weighted by Crippen LogP contribution is 2.16. The number of benzene rings is 1. The first-order valence-electron chi connectivity index (χ1n) is 7.82. The predicted octanol–water partition coefficient (Wildman–Crippen LogP) is 0.243. The molecule has 1 unspecified atom stereocenters. The molecule has 1 aromatic rings. The van der Waals surface area contributed by atoms with Crippen molar-refractivity contribution in [3.63, 3.8) is 0 Å². The van der Waals surface area contributed by atoms with Crippen LogP contribution in [-0.2, 0) is 22.6 Å². The second-order valence-electron chi connectivity index (χ2n) is 6.05. The summed E-state index contributed by atoms with van der Waals surface area (Å²) in [5.74, 6) is -1.00. The smallest absolute Gasteiger partial charge is 0.480 e. The van der Waals surface area contributed by atoms with Crippen molar-refractivity contribution in [3.8, 4) is 0 Å². The van der Waals surface area contributed by atoms with Crippen LogP contribution in [0.1, 0.15) is 31.4 Å². The monoisotopic (exact) mass is 371 g/mol. The topological polar surface area (TPSA) is 119 Å². The van der Waals surface area contributed by atoms with Crippen LogP contribution < -0.4 is 10.6 Å². The number of hydrogen-bond donors (Lipinski definition) is 5. The molecular weight excluding hydrogens is 346 g/mol. The molecule has 1 amide bonds. The molecule has 0 fully saturated rings. The van der Waals surface area contributed by atoms with Gasteiger partial charge in [0, 0.05) is 6.54 Å². The highest BCUT2D eigenvalue weighted by Gasteiger charge is 2.28. The van der Waals surface area contributed by atoms with Crippen LogP contribution in [0.5, 0.6) is 0 Å². The summed E-state index contributed by atoms with van der Waals surface area (Å²) in [7, 11) is 0. The van der Waals surface area contributed by atoms with E-state index in [9.17, 15) is 14.7 Å². The summed E-state index contributed by atoms with van der Waals surface area (Å²) < 4.78 is 0. The third kappa shape index (κ3) is 7.87. The molecule has 0 saturated heterocycles. The summed E-state index contributed by atoms with van der Waals surface area (Å²) in [4.78, 5) is 23.5. The Balaban J connectivity index is 0.00000134. The van der Waals surface area contributed by atoms with Gasteiger partial charge in [-0.1, -0.05) is 38.1 Å². The Morgan fingerprint density at radius 3 is 2.36 bits per heavy atom. The first-order valence-corrected chi connectivity index (χ1v) is 7.82. The molecule has 2 atom stereocenters. The number of carbonyl (C=O) groups is 2. The van der Waals surface area contributed by atoms with Crippen molar-refractivity contribution < 1.29 is 24.7 Å². The number of halogens is 1. The molecule has 1 heterocycles. The Hall–Kier alpha value is -1.61. The van der Waals surface area contributed by atoms with Crippen molar-refractivity contribution in [2.75, 3.05) is 0 Å². The molecule has 1 radical (unpaired) electrons. The summed E-state index contributed by atoms with van der Waals surface area (Å²) in [6, 6.07) is 6.79. The van der Waals surface area contributed by atoms with Gasteiger partial charge in [0.2, 0.25) is 5.91 Å². The van der Waals surface area contributed by atoms with E-state index in [4.69, 9.17) is 10.0 Å². The van der Waals surface area contributed by atoms with Gasteiger partial charge in [0.05, 0.1) is 6.04 Å². The lowest BCUT2D eigenvalue weighted by Crippen LogP contribution is -2.52. The molecule has 1 aliphatic heterocycles. The second-order valence-corrected chi connectivity index (χ2v) is 6.05. The van der Waals surface area contributed by atoms with Crippen molar-refractivity contribution in [2.24, 2.45) is 5.92 Å². The molecule has 0 aliphatic carbocycles. The summed E-state index contributed by atoms with van der Waals surface area (Å²) >= 11 is 0. The van der Waals surface area contributed by atoms with Gasteiger partial charge in [-0.15, -0.1) is 12.4 Å². The lowest BCUT2D eigenvalue weighted by molar-refractivity contribution is -0.142. The van der Waals surface area contributed by atoms with E-state index in [0.29, 0.717) is 19.4 Å². The fourth-order valence-electron chi connectivity index (χ4n) is 2.60. The number of rotatable bonds is 5. The van der Waals surface area contributed by atoms with Crippen molar-refractivity contribution in [1.82, 2.24) is 10.6 Å². The number of aliphatic carboxylic acids is 1. The fraction of sp³-hybridized carbons (Fsp3) is 0.500. The van der Waals surface area contributed by atoms with Gasteiger partial charge in [0.25, 0.3) is 0 Å². The minimum absolute atomic E-state index is 0. The number of hydrogen-bond acceptors (Lipinski definition) is 5. The number of carbonyl (C=O) groups excluding carboxylic acids is 1. The summed E-state index contributed by atoms with van der Waals surface area (Å²) in [5, 5.41) is 29.0. The molecule has 2 rings (SSSR count). The Morgan fingerprint density at radius 1 is 1.28 bits per heavy atom. The molecule has 1 aliphatic rings. The highest BCUT2D eigenvalue weighted by atomic mass is 35.5. The van der Waals surface area contributed by atoms with E-state index in [1.165, 1.54) is 5.56 Å². The third-order valence-corrected chi connectivity index (χ3v) is 3.72. The maximum absolute atomic E-state index is 12.3. The molecule has 9 heteroatoms. The van der Waals surface area contributed by atoms with Crippen molar-refractivity contribution in [3.05, 3.63) is 35.4 Å². The summed E-state index contributed by atoms with van der Waals surface area (Å²) in [6.07, 6.45) is 1.03. The second kappa shape index (κ2) is 11.9. The Morgan fingerprint density at radius 2 is 1.84 bits per heavy atom. The molecular formula is C16H25BClN2O5. The molecule has 0 spiro atoms. The van der Waals surface area contributed by atoms with E-state index in [0.717, 1.165) is 5.56 Å². The number of fused-ring (bicyclic) bond motifs is 1. The van der Waals surface area contributed by atoms with Gasteiger partial charge in [-0.05, 0) is 29.9 Å². The zero-order chi connectivity index (χ0) is 18.1. The lowest BCUT2D eigenvalue weighted by Gasteiger charge is -2.27. The number of carboxylic acid groups (broad SMARTS) is 1. The summed E-state index contributed by atoms with van der Waals surface area (Å²) in [6.45, 7) is 4.52. The first-order chi connectivity index (χ1) is 11.4. The van der Waals surface area contributed by atoms with Crippen LogP contribution in [0.15, 0.2) is 24.3 Å². The lowest BCUT2D eigenvalue weighted by atomic mass is 9.95. The Kier molecular flexibility index (Phi) is 11.1. The van der Waals surface area contributed by atoms with Crippen LogP contribution in [0.25, 0.3) is 0 Å². The normalized spacial score (nSPS) is 16.4. The largest absolute Gasteiger partial charge is 0.482 e. The molecule has 139 valence electrons. The molecule has 7 nitrogen and oxygen atoms in total. The zero-order valence-electron chi connectivity index (χ0n) is 14.3. The van der Waals surface area contributed by atoms with E-state index in [1.807, 2.05) is 38.1 Å². The molecule has 25 heavy (non-hydrogen) atoms. The van der Waals surface area contributed by atoms with Gasteiger partial charge in [-0.3, -0.25) is 4.79 Å². The van der Waals surface area contributed by atoms with Crippen molar-refractivity contribution in [2.45, 2.75) is 45.3 Å².